The lowest BCUT2D eigenvalue weighted by molar-refractivity contribution is -0.152. The number of rotatable bonds is 6. The fourth-order valence-corrected chi connectivity index (χ4v) is 2.18. The number of carbonyl (C=O) groups excluding carboxylic acids is 3. The maximum absolute atomic E-state index is 12.1. The highest BCUT2D eigenvalue weighted by atomic mass is 35.5. The molecule has 0 bridgehead atoms. The highest BCUT2D eigenvalue weighted by Crippen LogP contribution is 2.11. The zero-order chi connectivity index (χ0) is 19.8. The van der Waals surface area contributed by atoms with Crippen molar-refractivity contribution in [3.63, 3.8) is 0 Å². The molecule has 0 aliphatic heterocycles. The van der Waals surface area contributed by atoms with Gasteiger partial charge >= 0.3 is 5.97 Å². The van der Waals surface area contributed by atoms with Gasteiger partial charge in [0, 0.05) is 16.3 Å². The highest BCUT2D eigenvalue weighted by Gasteiger charge is 2.18. The first kappa shape index (κ1) is 19.9. The predicted octanol–water partition coefficient (Wildman–Crippen LogP) is 2.51. The van der Waals surface area contributed by atoms with Gasteiger partial charge in [-0.2, -0.15) is 5.26 Å². The van der Waals surface area contributed by atoms with Gasteiger partial charge in [-0.3, -0.25) is 14.4 Å². The van der Waals surface area contributed by atoms with Crippen molar-refractivity contribution in [2.45, 2.75) is 13.0 Å². The van der Waals surface area contributed by atoms with Crippen LogP contribution < -0.4 is 10.6 Å². The van der Waals surface area contributed by atoms with Gasteiger partial charge in [-0.1, -0.05) is 17.7 Å². The molecule has 2 rings (SSSR count). The standard InChI is InChI=1S/C19H16ClN3O4/c1-12(18(25)23-16-4-2-3-13(9-16)10-21)27-17(24)11-22-19(26)14-5-7-15(20)8-6-14/h2-9,12H,11H2,1H3,(H,22,26)(H,23,25)/t12-/m1/s1. The molecule has 0 saturated heterocycles. The Hall–Kier alpha value is -3.37. The van der Waals surface area contributed by atoms with Crippen molar-refractivity contribution in [1.29, 1.82) is 5.26 Å². The fraction of sp³-hybridized carbons (Fsp3) is 0.158. The normalized spacial score (nSPS) is 11.0. The first-order valence-corrected chi connectivity index (χ1v) is 8.31. The Kier molecular flexibility index (Phi) is 6.92. The fourth-order valence-electron chi connectivity index (χ4n) is 2.06. The molecule has 7 nitrogen and oxygen atoms in total. The molecule has 0 radical (unpaired) electrons. The van der Waals surface area contributed by atoms with Gasteiger partial charge < -0.3 is 15.4 Å². The molecule has 0 heterocycles. The van der Waals surface area contributed by atoms with Gasteiger partial charge in [-0.25, -0.2) is 0 Å². The summed E-state index contributed by atoms with van der Waals surface area (Å²) in [5.74, 6) is -1.78. The smallest absolute Gasteiger partial charge is 0.326 e. The molecular formula is C19H16ClN3O4. The van der Waals surface area contributed by atoms with E-state index in [0.717, 1.165) is 0 Å². The van der Waals surface area contributed by atoms with E-state index in [1.165, 1.54) is 25.1 Å². The average molecular weight is 386 g/mol. The molecule has 0 unspecified atom stereocenters. The first-order chi connectivity index (χ1) is 12.9. The third-order valence-corrected chi connectivity index (χ3v) is 3.69. The van der Waals surface area contributed by atoms with E-state index in [0.29, 0.717) is 21.8 Å². The van der Waals surface area contributed by atoms with Crippen LogP contribution in [0.5, 0.6) is 0 Å². The number of nitriles is 1. The number of benzene rings is 2. The summed E-state index contributed by atoms with van der Waals surface area (Å²) >= 11 is 5.75. The summed E-state index contributed by atoms with van der Waals surface area (Å²) in [6.07, 6.45) is -1.07. The predicted molar refractivity (Wildman–Crippen MR) is 99.1 cm³/mol. The molecule has 2 N–H and O–H groups in total. The number of amides is 2. The van der Waals surface area contributed by atoms with Crippen LogP contribution in [0.1, 0.15) is 22.8 Å². The second-order valence-corrected chi connectivity index (χ2v) is 5.94. The molecule has 2 amide bonds. The van der Waals surface area contributed by atoms with Gasteiger partial charge in [-0.15, -0.1) is 0 Å². The number of esters is 1. The zero-order valence-corrected chi connectivity index (χ0v) is 15.1. The monoisotopic (exact) mass is 385 g/mol. The molecule has 2 aromatic rings. The molecular weight excluding hydrogens is 370 g/mol. The molecule has 138 valence electrons. The van der Waals surface area contributed by atoms with Gasteiger partial charge in [0.1, 0.15) is 6.54 Å². The van der Waals surface area contributed by atoms with E-state index in [1.807, 2.05) is 6.07 Å². The van der Waals surface area contributed by atoms with E-state index in [2.05, 4.69) is 10.6 Å². The molecule has 0 aliphatic rings. The Balaban J connectivity index is 1.82. The molecule has 8 heteroatoms. The average Bonchev–Trinajstić information content (AvgIpc) is 2.66. The lowest BCUT2D eigenvalue weighted by Gasteiger charge is -2.14. The summed E-state index contributed by atoms with van der Waals surface area (Å²) in [7, 11) is 0. The van der Waals surface area contributed by atoms with Gasteiger partial charge in [0.05, 0.1) is 11.6 Å². The van der Waals surface area contributed by atoms with Crippen molar-refractivity contribution in [3.8, 4) is 6.07 Å². The lowest BCUT2D eigenvalue weighted by Crippen LogP contribution is -2.35. The number of nitrogens with zero attached hydrogens (tertiary/aromatic N) is 1. The molecule has 27 heavy (non-hydrogen) atoms. The van der Waals surface area contributed by atoms with Gasteiger partial charge in [0.15, 0.2) is 6.10 Å². The minimum Gasteiger partial charge on any atom is -0.451 e. The Morgan fingerprint density at radius 2 is 1.89 bits per heavy atom. The van der Waals surface area contributed by atoms with Crippen LogP contribution in [0.15, 0.2) is 48.5 Å². The molecule has 0 aromatic heterocycles. The SMILES string of the molecule is C[C@@H](OC(=O)CNC(=O)c1ccc(Cl)cc1)C(=O)Nc1cccc(C#N)c1. The molecule has 2 aromatic carbocycles. The van der Waals surface area contributed by atoms with Crippen molar-refractivity contribution in [1.82, 2.24) is 5.32 Å². The van der Waals surface area contributed by atoms with Crippen LogP contribution >= 0.6 is 11.6 Å². The van der Waals surface area contributed by atoms with Crippen LogP contribution in [0, 0.1) is 11.3 Å². The lowest BCUT2D eigenvalue weighted by atomic mass is 10.2. The van der Waals surface area contributed by atoms with Gasteiger partial charge in [0.2, 0.25) is 0 Å². The Bertz CT molecular complexity index is 891. The van der Waals surface area contributed by atoms with E-state index in [-0.39, 0.29) is 6.54 Å². The van der Waals surface area contributed by atoms with E-state index in [4.69, 9.17) is 21.6 Å². The number of anilines is 1. The number of halogens is 1. The first-order valence-electron chi connectivity index (χ1n) is 7.93. The van der Waals surface area contributed by atoms with Crippen LogP contribution in [-0.4, -0.2) is 30.4 Å². The minimum atomic E-state index is -1.07. The summed E-state index contributed by atoms with van der Waals surface area (Å²) in [5.41, 5.74) is 1.15. The summed E-state index contributed by atoms with van der Waals surface area (Å²) in [6.45, 7) is 1.02. The summed E-state index contributed by atoms with van der Waals surface area (Å²) in [5, 5.41) is 14.3. The number of carbonyl (C=O) groups is 3. The Morgan fingerprint density at radius 3 is 2.56 bits per heavy atom. The molecule has 0 spiro atoms. The maximum atomic E-state index is 12.1. The molecule has 1 atom stereocenters. The topological polar surface area (TPSA) is 108 Å². The number of hydrogen-bond acceptors (Lipinski definition) is 5. The summed E-state index contributed by atoms with van der Waals surface area (Å²) in [4.78, 5) is 35.8. The molecule has 0 saturated carbocycles. The second-order valence-electron chi connectivity index (χ2n) is 5.50. The number of nitrogens with one attached hydrogen (secondary N) is 2. The highest BCUT2D eigenvalue weighted by molar-refractivity contribution is 6.30. The molecule has 0 fully saturated rings. The van der Waals surface area contributed by atoms with Crippen molar-refractivity contribution < 1.29 is 19.1 Å². The van der Waals surface area contributed by atoms with Gasteiger partial charge in [-0.05, 0) is 49.4 Å². The minimum absolute atomic E-state index is 0.343. The number of ether oxygens (including phenoxy) is 1. The van der Waals surface area contributed by atoms with Crippen LogP contribution in [0.4, 0.5) is 5.69 Å². The van der Waals surface area contributed by atoms with E-state index in [1.54, 1.807) is 30.3 Å². The van der Waals surface area contributed by atoms with Crippen molar-refractivity contribution in [2.24, 2.45) is 0 Å². The summed E-state index contributed by atoms with van der Waals surface area (Å²) in [6, 6.07) is 14.5. The van der Waals surface area contributed by atoms with Crippen molar-refractivity contribution in [2.75, 3.05) is 11.9 Å². The largest absolute Gasteiger partial charge is 0.451 e. The Morgan fingerprint density at radius 1 is 1.19 bits per heavy atom. The Labute approximate surface area is 160 Å². The third kappa shape index (κ3) is 6.13. The number of hydrogen-bond donors (Lipinski definition) is 2. The quantitative estimate of drug-likeness (QED) is 0.743. The van der Waals surface area contributed by atoms with Crippen molar-refractivity contribution >= 4 is 35.1 Å². The summed E-state index contributed by atoms with van der Waals surface area (Å²) < 4.78 is 4.99. The van der Waals surface area contributed by atoms with Crippen LogP contribution in [0.2, 0.25) is 5.02 Å². The van der Waals surface area contributed by atoms with Gasteiger partial charge in [0.25, 0.3) is 11.8 Å². The molecule has 0 aliphatic carbocycles. The maximum Gasteiger partial charge on any atom is 0.326 e. The van der Waals surface area contributed by atoms with Crippen LogP contribution in [-0.2, 0) is 14.3 Å². The van der Waals surface area contributed by atoms with E-state index in [9.17, 15) is 14.4 Å². The van der Waals surface area contributed by atoms with E-state index < -0.39 is 23.9 Å². The zero-order valence-electron chi connectivity index (χ0n) is 14.4. The second kappa shape index (κ2) is 9.36. The van der Waals surface area contributed by atoms with Crippen molar-refractivity contribution in [3.05, 3.63) is 64.7 Å². The van der Waals surface area contributed by atoms with E-state index >= 15 is 0 Å². The van der Waals surface area contributed by atoms with Crippen LogP contribution in [0.25, 0.3) is 0 Å². The van der Waals surface area contributed by atoms with Crippen LogP contribution in [0.3, 0.4) is 0 Å². The third-order valence-electron chi connectivity index (χ3n) is 3.44.